The molecule has 0 fully saturated rings. The standard InChI is InChI=1S/C11H14FNO/c1-13-6-5-8-9(7-13)10(12)3-4-11(8)14-2/h3-4H,5-7H2,1-2H3. The highest BCUT2D eigenvalue weighted by molar-refractivity contribution is 5.42. The van der Waals surface area contributed by atoms with Crippen molar-refractivity contribution in [1.82, 2.24) is 4.90 Å². The molecule has 0 unspecified atom stereocenters. The van der Waals surface area contributed by atoms with Crippen molar-refractivity contribution in [2.75, 3.05) is 20.7 Å². The van der Waals surface area contributed by atoms with E-state index in [9.17, 15) is 4.39 Å². The maximum absolute atomic E-state index is 13.5. The lowest BCUT2D eigenvalue weighted by molar-refractivity contribution is 0.299. The third-order valence-corrected chi connectivity index (χ3v) is 2.72. The molecule has 0 saturated carbocycles. The summed E-state index contributed by atoms with van der Waals surface area (Å²) in [6, 6.07) is 3.19. The van der Waals surface area contributed by atoms with Crippen LogP contribution in [0.3, 0.4) is 0 Å². The molecule has 0 bridgehead atoms. The van der Waals surface area contributed by atoms with Crippen LogP contribution in [0.25, 0.3) is 0 Å². The van der Waals surface area contributed by atoms with E-state index in [2.05, 4.69) is 4.90 Å². The first-order valence-electron chi connectivity index (χ1n) is 4.75. The Bertz CT molecular complexity index is 351. The molecule has 0 aliphatic carbocycles. The Morgan fingerprint density at radius 3 is 2.86 bits per heavy atom. The lowest BCUT2D eigenvalue weighted by Crippen LogP contribution is -2.27. The lowest BCUT2D eigenvalue weighted by Gasteiger charge is -2.26. The first-order chi connectivity index (χ1) is 6.72. The molecule has 1 aliphatic rings. The summed E-state index contributed by atoms with van der Waals surface area (Å²) in [6.45, 7) is 1.64. The molecule has 3 heteroatoms. The van der Waals surface area contributed by atoms with Gasteiger partial charge in [-0.2, -0.15) is 0 Å². The average molecular weight is 195 g/mol. The largest absolute Gasteiger partial charge is 0.496 e. The Hall–Kier alpha value is -1.09. The molecule has 0 radical (unpaired) electrons. The van der Waals surface area contributed by atoms with E-state index >= 15 is 0 Å². The number of rotatable bonds is 1. The highest BCUT2D eigenvalue weighted by Crippen LogP contribution is 2.29. The lowest BCUT2D eigenvalue weighted by atomic mass is 9.98. The quantitative estimate of drug-likeness (QED) is 0.677. The molecule has 0 N–H and O–H groups in total. The first kappa shape index (κ1) is 9.46. The molecule has 2 nitrogen and oxygen atoms in total. The molecule has 0 saturated heterocycles. The zero-order valence-corrected chi connectivity index (χ0v) is 8.51. The smallest absolute Gasteiger partial charge is 0.128 e. The number of hydrogen-bond acceptors (Lipinski definition) is 2. The molecular formula is C11H14FNO. The monoisotopic (exact) mass is 195 g/mol. The minimum Gasteiger partial charge on any atom is -0.496 e. The van der Waals surface area contributed by atoms with E-state index < -0.39 is 0 Å². The normalized spacial score (nSPS) is 16.5. The van der Waals surface area contributed by atoms with Gasteiger partial charge >= 0.3 is 0 Å². The molecule has 1 heterocycles. The zero-order chi connectivity index (χ0) is 10.1. The maximum atomic E-state index is 13.5. The van der Waals surface area contributed by atoms with Gasteiger partial charge in [-0.1, -0.05) is 0 Å². The second kappa shape index (κ2) is 3.58. The van der Waals surface area contributed by atoms with Gasteiger partial charge in [0.25, 0.3) is 0 Å². The Balaban J connectivity index is 2.49. The van der Waals surface area contributed by atoms with Gasteiger partial charge in [0.05, 0.1) is 7.11 Å². The van der Waals surface area contributed by atoms with E-state index in [-0.39, 0.29) is 5.82 Å². The van der Waals surface area contributed by atoms with Crippen LogP contribution < -0.4 is 4.74 Å². The molecule has 0 atom stereocenters. The van der Waals surface area contributed by atoms with E-state index in [1.165, 1.54) is 6.07 Å². The van der Waals surface area contributed by atoms with Crippen LogP contribution in [0, 0.1) is 5.82 Å². The van der Waals surface area contributed by atoms with Gasteiger partial charge in [-0.3, -0.25) is 0 Å². The van der Waals surface area contributed by atoms with Gasteiger partial charge in [-0.15, -0.1) is 0 Å². The fraction of sp³-hybridized carbons (Fsp3) is 0.455. The Morgan fingerprint density at radius 2 is 2.14 bits per heavy atom. The summed E-state index contributed by atoms with van der Waals surface area (Å²) < 4.78 is 18.7. The van der Waals surface area contributed by atoms with Crippen molar-refractivity contribution >= 4 is 0 Å². The highest BCUT2D eigenvalue weighted by atomic mass is 19.1. The zero-order valence-electron chi connectivity index (χ0n) is 8.51. The van der Waals surface area contributed by atoms with Crippen molar-refractivity contribution in [3.63, 3.8) is 0 Å². The van der Waals surface area contributed by atoms with Crippen LogP contribution in [0.1, 0.15) is 11.1 Å². The summed E-state index contributed by atoms with van der Waals surface area (Å²) in [5.41, 5.74) is 1.82. The minimum atomic E-state index is -0.118. The van der Waals surface area contributed by atoms with Crippen molar-refractivity contribution in [3.8, 4) is 5.75 Å². The van der Waals surface area contributed by atoms with E-state index in [0.29, 0.717) is 6.54 Å². The number of nitrogens with zero attached hydrogens (tertiary/aromatic N) is 1. The van der Waals surface area contributed by atoms with Crippen molar-refractivity contribution in [3.05, 3.63) is 29.1 Å². The molecule has 1 aromatic rings. The van der Waals surface area contributed by atoms with Gasteiger partial charge in [0.1, 0.15) is 11.6 Å². The molecule has 1 aliphatic heterocycles. The molecule has 2 rings (SSSR count). The first-order valence-corrected chi connectivity index (χ1v) is 4.75. The van der Waals surface area contributed by atoms with Gasteiger partial charge in [0.2, 0.25) is 0 Å². The van der Waals surface area contributed by atoms with Gasteiger partial charge in [0.15, 0.2) is 0 Å². The number of ether oxygens (including phenoxy) is 1. The molecular weight excluding hydrogens is 181 g/mol. The van der Waals surface area contributed by atoms with Crippen molar-refractivity contribution < 1.29 is 9.13 Å². The van der Waals surface area contributed by atoms with Crippen LogP contribution in [0.5, 0.6) is 5.75 Å². The Morgan fingerprint density at radius 1 is 1.36 bits per heavy atom. The van der Waals surface area contributed by atoms with E-state index in [0.717, 1.165) is 29.8 Å². The van der Waals surface area contributed by atoms with Crippen molar-refractivity contribution in [2.24, 2.45) is 0 Å². The van der Waals surface area contributed by atoms with E-state index in [1.807, 2.05) is 7.05 Å². The van der Waals surface area contributed by atoms with Gasteiger partial charge in [0, 0.05) is 24.2 Å². The number of methoxy groups -OCH3 is 1. The summed E-state index contributed by atoms with van der Waals surface area (Å²) in [5.74, 6) is 0.696. The van der Waals surface area contributed by atoms with Crippen LogP contribution in [-0.2, 0) is 13.0 Å². The third-order valence-electron chi connectivity index (χ3n) is 2.72. The fourth-order valence-corrected chi connectivity index (χ4v) is 1.93. The summed E-state index contributed by atoms with van der Waals surface area (Å²) >= 11 is 0. The third kappa shape index (κ3) is 1.48. The van der Waals surface area contributed by atoms with Crippen molar-refractivity contribution in [2.45, 2.75) is 13.0 Å². The summed E-state index contributed by atoms with van der Waals surface area (Å²) in [4.78, 5) is 2.12. The van der Waals surface area contributed by atoms with E-state index in [1.54, 1.807) is 13.2 Å². The minimum absolute atomic E-state index is 0.118. The van der Waals surface area contributed by atoms with Gasteiger partial charge in [-0.05, 0) is 25.6 Å². The second-order valence-electron chi connectivity index (χ2n) is 3.69. The predicted octanol–water partition coefficient (Wildman–Crippen LogP) is 1.82. The SMILES string of the molecule is COc1ccc(F)c2c1CCN(C)C2. The maximum Gasteiger partial charge on any atom is 0.128 e. The number of fused-ring (bicyclic) bond motifs is 1. The predicted molar refractivity (Wildman–Crippen MR) is 53.0 cm³/mol. The number of likely N-dealkylation sites (N-methyl/N-ethyl adjacent to an activating group) is 1. The van der Waals surface area contributed by atoms with Gasteiger partial charge in [-0.25, -0.2) is 4.39 Å². The average Bonchev–Trinajstić information content (AvgIpc) is 2.19. The van der Waals surface area contributed by atoms with Crippen LogP contribution in [0.4, 0.5) is 4.39 Å². The van der Waals surface area contributed by atoms with E-state index in [4.69, 9.17) is 4.74 Å². The number of hydrogen-bond donors (Lipinski definition) is 0. The Labute approximate surface area is 83.3 Å². The van der Waals surface area contributed by atoms with Crippen LogP contribution >= 0.6 is 0 Å². The molecule has 0 spiro atoms. The summed E-state index contributed by atoms with van der Waals surface area (Å²) in [5, 5.41) is 0. The van der Waals surface area contributed by atoms with Crippen LogP contribution in [-0.4, -0.2) is 25.6 Å². The topological polar surface area (TPSA) is 12.5 Å². The molecule has 0 aromatic heterocycles. The number of halogens is 1. The molecule has 76 valence electrons. The summed E-state index contributed by atoms with van der Waals surface area (Å²) in [6.07, 6.45) is 0.868. The molecule has 1 aromatic carbocycles. The van der Waals surface area contributed by atoms with Crippen LogP contribution in [0.2, 0.25) is 0 Å². The molecule has 14 heavy (non-hydrogen) atoms. The fourth-order valence-electron chi connectivity index (χ4n) is 1.93. The Kier molecular flexibility index (Phi) is 2.42. The number of benzene rings is 1. The second-order valence-corrected chi connectivity index (χ2v) is 3.69. The highest BCUT2D eigenvalue weighted by Gasteiger charge is 2.20. The van der Waals surface area contributed by atoms with Gasteiger partial charge < -0.3 is 9.64 Å². The van der Waals surface area contributed by atoms with Crippen molar-refractivity contribution in [1.29, 1.82) is 0 Å². The van der Waals surface area contributed by atoms with Crippen LogP contribution in [0.15, 0.2) is 12.1 Å². The summed E-state index contributed by atoms with van der Waals surface area (Å²) in [7, 11) is 3.63. The molecule has 0 amide bonds.